The molecule has 0 aliphatic heterocycles. The first-order chi connectivity index (χ1) is 16.5. The number of hydrogen-bond acceptors (Lipinski definition) is 4. The van der Waals surface area contributed by atoms with Crippen LogP contribution in [0.15, 0.2) is 0 Å². The summed E-state index contributed by atoms with van der Waals surface area (Å²) in [5.41, 5.74) is 5.67. The molecule has 0 aromatic heterocycles. The zero-order valence-electron chi connectivity index (χ0n) is 23.2. The predicted octanol–water partition coefficient (Wildman–Crippen LogP) is 4.40. The number of carbonyl (C=O) groups excluding carboxylic acids is 3. The van der Waals surface area contributed by atoms with Crippen LogP contribution in [0.3, 0.4) is 0 Å². The van der Waals surface area contributed by atoms with Gasteiger partial charge in [-0.25, -0.2) is 0 Å². The molecule has 0 radical (unpaired) electrons. The molecule has 0 aromatic carbocycles. The van der Waals surface area contributed by atoms with Crippen LogP contribution >= 0.6 is 0 Å². The lowest BCUT2D eigenvalue weighted by molar-refractivity contribution is -0.145. The number of nitrogens with two attached hydrogens (primary N) is 1. The number of likely N-dealkylation sites (N-methyl/N-ethyl adjacent to an activating group) is 1. The standard InChI is InChI=1S/C28H53N3O4/c1-19(2)14-10-7-8-13-17-24(32)21(5)28(35)31(6)23(18-20(3)4)27(34)30-25(26(29)33)22-15-11-9-12-16-22/h19-25,32H,7-18H2,1-6H3,(H2,29,33)(H,30,34)/t21-,23+,24-,25+/m1/s1. The van der Waals surface area contributed by atoms with E-state index >= 15 is 0 Å². The first-order valence-corrected chi connectivity index (χ1v) is 14.0. The van der Waals surface area contributed by atoms with Crippen molar-refractivity contribution < 1.29 is 19.5 Å². The van der Waals surface area contributed by atoms with E-state index in [4.69, 9.17) is 5.73 Å². The summed E-state index contributed by atoms with van der Waals surface area (Å²) in [4.78, 5) is 40.2. The molecule has 0 bridgehead atoms. The van der Waals surface area contributed by atoms with Gasteiger partial charge in [-0.05, 0) is 43.4 Å². The molecule has 3 amide bonds. The highest BCUT2D eigenvalue weighted by Gasteiger charge is 2.36. The van der Waals surface area contributed by atoms with Crippen molar-refractivity contribution in [3.8, 4) is 0 Å². The molecule has 204 valence electrons. The molecule has 1 fully saturated rings. The number of primary amides is 1. The van der Waals surface area contributed by atoms with Crippen molar-refractivity contribution >= 4 is 17.7 Å². The molecule has 0 saturated heterocycles. The van der Waals surface area contributed by atoms with Crippen molar-refractivity contribution in [2.24, 2.45) is 29.4 Å². The number of hydrogen-bond donors (Lipinski definition) is 3. The number of aliphatic hydroxyl groups is 1. The van der Waals surface area contributed by atoms with E-state index in [1.54, 1.807) is 14.0 Å². The molecule has 1 saturated carbocycles. The minimum atomic E-state index is -0.738. The fraction of sp³-hybridized carbons (Fsp3) is 0.893. The Morgan fingerprint density at radius 3 is 2.00 bits per heavy atom. The van der Waals surface area contributed by atoms with Crippen LogP contribution in [0.4, 0.5) is 0 Å². The number of amides is 3. The molecule has 0 spiro atoms. The maximum Gasteiger partial charge on any atom is 0.243 e. The van der Waals surface area contributed by atoms with E-state index < -0.39 is 30.0 Å². The maximum atomic E-state index is 13.3. The van der Waals surface area contributed by atoms with E-state index in [-0.39, 0.29) is 23.7 Å². The Morgan fingerprint density at radius 1 is 0.914 bits per heavy atom. The third-order valence-electron chi connectivity index (χ3n) is 7.54. The van der Waals surface area contributed by atoms with E-state index in [0.29, 0.717) is 18.8 Å². The number of nitrogens with one attached hydrogen (secondary N) is 1. The molecular formula is C28H53N3O4. The van der Waals surface area contributed by atoms with Crippen molar-refractivity contribution in [1.82, 2.24) is 10.2 Å². The first kappa shape index (κ1) is 31.4. The van der Waals surface area contributed by atoms with Gasteiger partial charge in [-0.1, -0.05) is 86.0 Å². The van der Waals surface area contributed by atoms with Gasteiger partial charge in [0.25, 0.3) is 0 Å². The van der Waals surface area contributed by atoms with Crippen LogP contribution in [-0.2, 0) is 14.4 Å². The molecule has 1 aliphatic rings. The van der Waals surface area contributed by atoms with Crippen LogP contribution in [-0.4, -0.2) is 53.0 Å². The highest BCUT2D eigenvalue weighted by Crippen LogP contribution is 2.27. The third kappa shape index (κ3) is 11.3. The number of nitrogens with zero attached hydrogens (tertiary/aromatic N) is 1. The monoisotopic (exact) mass is 495 g/mol. The summed E-state index contributed by atoms with van der Waals surface area (Å²) in [7, 11) is 1.63. The second-order valence-electron chi connectivity index (χ2n) is 11.6. The Morgan fingerprint density at radius 2 is 1.49 bits per heavy atom. The number of rotatable bonds is 16. The van der Waals surface area contributed by atoms with Crippen molar-refractivity contribution in [1.29, 1.82) is 0 Å². The second kappa shape index (κ2) is 16.2. The van der Waals surface area contributed by atoms with E-state index in [1.807, 2.05) is 13.8 Å². The van der Waals surface area contributed by atoms with E-state index in [0.717, 1.165) is 51.4 Å². The molecule has 1 rings (SSSR count). The Labute approximate surface area is 214 Å². The van der Waals surface area contributed by atoms with Crippen molar-refractivity contribution in [3.63, 3.8) is 0 Å². The normalized spacial score (nSPS) is 18.2. The summed E-state index contributed by atoms with van der Waals surface area (Å²) in [5.74, 6) is -0.753. The van der Waals surface area contributed by atoms with E-state index in [9.17, 15) is 19.5 Å². The van der Waals surface area contributed by atoms with Crippen LogP contribution < -0.4 is 11.1 Å². The van der Waals surface area contributed by atoms with E-state index in [1.165, 1.54) is 17.7 Å². The first-order valence-electron chi connectivity index (χ1n) is 14.0. The molecule has 35 heavy (non-hydrogen) atoms. The lowest BCUT2D eigenvalue weighted by atomic mass is 9.83. The molecule has 0 heterocycles. The summed E-state index contributed by atoms with van der Waals surface area (Å²) < 4.78 is 0. The average Bonchev–Trinajstić information content (AvgIpc) is 2.81. The number of aliphatic hydroxyl groups excluding tert-OH is 1. The second-order valence-corrected chi connectivity index (χ2v) is 11.6. The van der Waals surface area contributed by atoms with E-state index in [2.05, 4.69) is 19.2 Å². The van der Waals surface area contributed by atoms with Gasteiger partial charge in [0.2, 0.25) is 17.7 Å². The summed E-state index contributed by atoms with van der Waals surface area (Å²) in [6, 6.07) is -1.42. The topological polar surface area (TPSA) is 113 Å². The number of carbonyl (C=O) groups is 3. The van der Waals surface area contributed by atoms with Gasteiger partial charge in [0.05, 0.1) is 12.0 Å². The minimum Gasteiger partial charge on any atom is -0.392 e. The van der Waals surface area contributed by atoms with Gasteiger partial charge in [-0.3, -0.25) is 14.4 Å². The molecule has 4 atom stereocenters. The highest BCUT2D eigenvalue weighted by atomic mass is 16.3. The SMILES string of the molecule is CC(C)CCCCCC[C@@H](O)[C@@H](C)C(=O)N(C)[C@@H](CC(C)C)C(=O)N[C@H](C(N)=O)C1CCCCC1. The summed E-state index contributed by atoms with van der Waals surface area (Å²) >= 11 is 0. The van der Waals surface area contributed by atoms with Gasteiger partial charge in [-0.2, -0.15) is 0 Å². The Balaban J connectivity index is 2.74. The van der Waals surface area contributed by atoms with Crippen LogP contribution in [0.1, 0.15) is 112 Å². The van der Waals surface area contributed by atoms with Gasteiger partial charge in [0, 0.05) is 7.05 Å². The smallest absolute Gasteiger partial charge is 0.243 e. The lowest BCUT2D eigenvalue weighted by Crippen LogP contribution is -2.57. The van der Waals surface area contributed by atoms with Gasteiger partial charge >= 0.3 is 0 Å². The lowest BCUT2D eigenvalue weighted by Gasteiger charge is -2.34. The summed E-state index contributed by atoms with van der Waals surface area (Å²) in [6.07, 6.45) is 10.8. The highest BCUT2D eigenvalue weighted by molar-refractivity contribution is 5.92. The third-order valence-corrected chi connectivity index (χ3v) is 7.54. The van der Waals surface area contributed by atoms with Crippen LogP contribution in [0.5, 0.6) is 0 Å². The molecular weight excluding hydrogens is 442 g/mol. The fourth-order valence-electron chi connectivity index (χ4n) is 5.17. The zero-order chi connectivity index (χ0) is 26.5. The molecule has 4 N–H and O–H groups in total. The molecule has 0 aromatic rings. The fourth-order valence-corrected chi connectivity index (χ4v) is 5.17. The van der Waals surface area contributed by atoms with Crippen LogP contribution in [0, 0.1) is 23.7 Å². The summed E-state index contributed by atoms with van der Waals surface area (Å²) in [5, 5.41) is 13.6. The molecule has 0 unspecified atom stereocenters. The Hall–Kier alpha value is -1.63. The van der Waals surface area contributed by atoms with Crippen molar-refractivity contribution in [3.05, 3.63) is 0 Å². The quantitative estimate of drug-likeness (QED) is 0.275. The van der Waals surface area contributed by atoms with Crippen molar-refractivity contribution in [2.45, 2.75) is 130 Å². The number of unbranched alkanes of at least 4 members (excludes halogenated alkanes) is 3. The maximum absolute atomic E-state index is 13.3. The predicted molar refractivity (Wildman–Crippen MR) is 141 cm³/mol. The zero-order valence-corrected chi connectivity index (χ0v) is 23.2. The molecule has 1 aliphatic carbocycles. The average molecular weight is 496 g/mol. The molecule has 7 heteroatoms. The Bertz CT molecular complexity index is 646. The largest absolute Gasteiger partial charge is 0.392 e. The van der Waals surface area contributed by atoms with Crippen molar-refractivity contribution in [2.75, 3.05) is 7.05 Å². The summed E-state index contributed by atoms with van der Waals surface area (Å²) in [6.45, 7) is 10.2. The van der Waals surface area contributed by atoms with Gasteiger partial charge in [0.15, 0.2) is 0 Å². The Kier molecular flexibility index (Phi) is 14.5. The minimum absolute atomic E-state index is 0.0483. The van der Waals surface area contributed by atoms with Gasteiger partial charge in [-0.15, -0.1) is 0 Å². The van der Waals surface area contributed by atoms with Crippen LogP contribution in [0.25, 0.3) is 0 Å². The van der Waals surface area contributed by atoms with Gasteiger partial charge < -0.3 is 21.1 Å². The molecule has 7 nitrogen and oxygen atoms in total. The van der Waals surface area contributed by atoms with Crippen LogP contribution in [0.2, 0.25) is 0 Å². The van der Waals surface area contributed by atoms with Gasteiger partial charge in [0.1, 0.15) is 12.1 Å².